The zero-order valence-electron chi connectivity index (χ0n) is 27.1. The lowest BCUT2D eigenvalue weighted by Crippen LogP contribution is -2.77. The van der Waals surface area contributed by atoms with Gasteiger partial charge in [0.05, 0.1) is 22.7 Å². The Morgan fingerprint density at radius 3 is 1.48 bits per heavy atom. The van der Waals surface area contributed by atoms with E-state index in [1.807, 2.05) is 0 Å². The molecule has 3 nitrogen and oxygen atoms in total. The molecule has 0 aromatic heterocycles. The first-order valence-corrected chi connectivity index (χ1v) is 18.6. The zero-order chi connectivity index (χ0) is 32.2. The molecule has 0 amide bonds. The molecule has 0 bridgehead atoms. The first-order valence-electron chi connectivity index (χ1n) is 16.6. The van der Waals surface area contributed by atoms with Crippen LogP contribution in [0.3, 0.4) is 0 Å². The van der Waals surface area contributed by atoms with E-state index in [0.717, 1.165) is 5.69 Å². The Labute approximate surface area is 283 Å². The van der Waals surface area contributed by atoms with Crippen LogP contribution in [-0.4, -0.2) is 22.2 Å². The van der Waals surface area contributed by atoms with E-state index >= 15 is 0 Å². The van der Waals surface area contributed by atoms with E-state index in [0.29, 0.717) is 0 Å². The van der Waals surface area contributed by atoms with Crippen LogP contribution in [0.4, 0.5) is 39.8 Å². The van der Waals surface area contributed by atoms with Gasteiger partial charge in [0.1, 0.15) is 0 Å². The van der Waals surface area contributed by atoms with Crippen LogP contribution in [0.2, 0.25) is 0 Å². The molecule has 0 unspecified atom stereocenters. The quantitative estimate of drug-likeness (QED) is 0.180. The molecular weight excluding hydrogens is 599 g/mol. The van der Waals surface area contributed by atoms with Crippen LogP contribution < -0.4 is 35.4 Å². The van der Waals surface area contributed by atoms with Crippen molar-refractivity contribution in [3.63, 3.8) is 0 Å². The molecule has 7 aromatic rings. The first-order chi connectivity index (χ1) is 23.7. The third-order valence-electron chi connectivity index (χ3n) is 10.3. The van der Waals surface area contributed by atoms with Gasteiger partial charge in [-0.2, -0.15) is 0 Å². The van der Waals surface area contributed by atoms with Gasteiger partial charge in [0.25, 0.3) is 0 Å². The summed E-state index contributed by atoms with van der Waals surface area (Å²) in [6, 6.07) is 64.9. The standard InChI is InChI=1S/C44H35N3Si/c1-45-37-22-12-13-23-38(37)47(34-16-6-3-7-17-34)39-28-26-32(30-41(39)45)33-27-29-44-42(31-33)46(2)40-24-14-15-25-43(40)48(44,35-18-8-4-9-19-35)36-20-10-5-11-21-36/h3-31H,1-2H3. The van der Waals surface area contributed by atoms with Crippen molar-refractivity contribution in [2.24, 2.45) is 0 Å². The summed E-state index contributed by atoms with van der Waals surface area (Å²) in [6.45, 7) is 0. The van der Waals surface area contributed by atoms with Gasteiger partial charge in [0, 0.05) is 31.2 Å². The van der Waals surface area contributed by atoms with Crippen molar-refractivity contribution in [2.75, 3.05) is 28.8 Å². The van der Waals surface area contributed by atoms with Crippen LogP contribution >= 0.6 is 0 Å². The van der Waals surface area contributed by atoms with E-state index in [2.05, 4.69) is 205 Å². The van der Waals surface area contributed by atoms with Crippen LogP contribution in [0.15, 0.2) is 176 Å². The Morgan fingerprint density at radius 2 is 0.812 bits per heavy atom. The third kappa shape index (κ3) is 4.13. The molecule has 2 aliphatic rings. The highest BCUT2D eigenvalue weighted by Gasteiger charge is 2.48. The van der Waals surface area contributed by atoms with Crippen LogP contribution in [0.25, 0.3) is 11.1 Å². The molecule has 0 fully saturated rings. The number of fused-ring (bicyclic) bond motifs is 4. The van der Waals surface area contributed by atoms with Gasteiger partial charge in [0.2, 0.25) is 0 Å². The van der Waals surface area contributed by atoms with Gasteiger partial charge >= 0.3 is 0 Å². The average Bonchev–Trinajstić information content (AvgIpc) is 3.16. The van der Waals surface area contributed by atoms with Crippen molar-refractivity contribution in [2.45, 2.75) is 0 Å². The van der Waals surface area contributed by atoms with Crippen molar-refractivity contribution in [3.8, 4) is 11.1 Å². The monoisotopic (exact) mass is 633 g/mol. The summed E-state index contributed by atoms with van der Waals surface area (Å²) in [4.78, 5) is 7.12. The van der Waals surface area contributed by atoms with Gasteiger partial charge in [-0.25, -0.2) is 0 Å². The molecule has 0 aliphatic carbocycles. The lowest BCUT2D eigenvalue weighted by atomic mass is 9.99. The molecule has 48 heavy (non-hydrogen) atoms. The normalized spacial score (nSPS) is 14.1. The third-order valence-corrected chi connectivity index (χ3v) is 15.1. The molecule has 0 N–H and O–H groups in total. The predicted molar refractivity (Wildman–Crippen MR) is 206 cm³/mol. The van der Waals surface area contributed by atoms with Crippen molar-refractivity contribution >= 4 is 68.6 Å². The molecule has 0 saturated carbocycles. The Balaban J connectivity index is 1.24. The largest absolute Gasteiger partial charge is 0.345 e. The minimum Gasteiger partial charge on any atom is -0.345 e. The van der Waals surface area contributed by atoms with Crippen molar-refractivity contribution in [1.82, 2.24) is 0 Å². The Morgan fingerprint density at radius 1 is 0.354 bits per heavy atom. The number of rotatable bonds is 4. The fourth-order valence-corrected chi connectivity index (χ4v) is 13.2. The second-order valence-corrected chi connectivity index (χ2v) is 16.4. The van der Waals surface area contributed by atoms with Crippen LogP contribution in [0.5, 0.6) is 0 Å². The summed E-state index contributed by atoms with van der Waals surface area (Å²) in [7, 11) is 1.79. The molecule has 7 aromatic carbocycles. The molecule has 0 spiro atoms. The molecule has 230 valence electrons. The molecule has 4 heteroatoms. The Kier molecular flexibility index (Phi) is 6.59. The second-order valence-electron chi connectivity index (χ2n) is 12.7. The number of hydrogen-bond donors (Lipinski definition) is 0. The zero-order valence-corrected chi connectivity index (χ0v) is 28.1. The lowest BCUT2D eigenvalue weighted by molar-refractivity contribution is 1.13. The Hall–Kier alpha value is -5.84. The number of benzene rings is 7. The molecular formula is C44H35N3Si. The van der Waals surface area contributed by atoms with Crippen LogP contribution in [0, 0.1) is 0 Å². The first kappa shape index (κ1) is 28.4. The SMILES string of the molecule is CN1c2ccccc2N(c2ccccc2)c2ccc(-c3ccc4c(c3)N(C)c3ccccc3[Si]4(c3ccccc3)c3ccccc3)cc21. The van der Waals surface area contributed by atoms with Crippen molar-refractivity contribution in [3.05, 3.63) is 176 Å². The van der Waals surface area contributed by atoms with E-state index in [-0.39, 0.29) is 0 Å². The highest BCUT2D eigenvalue weighted by molar-refractivity contribution is 7.21. The topological polar surface area (TPSA) is 9.72 Å². The van der Waals surface area contributed by atoms with E-state index < -0.39 is 8.07 Å². The molecule has 9 rings (SSSR count). The molecule has 0 saturated heterocycles. The van der Waals surface area contributed by atoms with Crippen LogP contribution in [0.1, 0.15) is 0 Å². The van der Waals surface area contributed by atoms with E-state index in [4.69, 9.17) is 0 Å². The molecule has 2 heterocycles. The second kappa shape index (κ2) is 11.1. The van der Waals surface area contributed by atoms with Gasteiger partial charge < -0.3 is 14.7 Å². The molecule has 0 radical (unpaired) electrons. The van der Waals surface area contributed by atoms with Crippen LogP contribution in [-0.2, 0) is 0 Å². The summed E-state index contributed by atoms with van der Waals surface area (Å²) in [6.07, 6.45) is 0. The highest BCUT2D eigenvalue weighted by Crippen LogP contribution is 2.51. The maximum absolute atomic E-state index is 2.62. The predicted octanol–water partition coefficient (Wildman–Crippen LogP) is 8.36. The minimum atomic E-state index is -2.62. The number of para-hydroxylation sites is 4. The maximum atomic E-state index is 2.43. The summed E-state index contributed by atoms with van der Waals surface area (Å²) in [5, 5.41) is 5.66. The fourth-order valence-electron chi connectivity index (χ4n) is 8.04. The lowest BCUT2D eigenvalue weighted by Gasteiger charge is -2.44. The van der Waals surface area contributed by atoms with E-state index in [1.165, 1.54) is 66.0 Å². The Bertz CT molecular complexity index is 2250. The summed E-state index contributed by atoms with van der Waals surface area (Å²) in [5.41, 5.74) is 10.9. The average molecular weight is 634 g/mol. The minimum absolute atomic E-state index is 1.16. The summed E-state index contributed by atoms with van der Waals surface area (Å²) < 4.78 is 0. The van der Waals surface area contributed by atoms with Crippen molar-refractivity contribution < 1.29 is 0 Å². The van der Waals surface area contributed by atoms with Gasteiger partial charge in [-0.05, 0) is 80.4 Å². The summed E-state index contributed by atoms with van der Waals surface area (Å²) >= 11 is 0. The number of hydrogen-bond acceptors (Lipinski definition) is 3. The van der Waals surface area contributed by atoms with Gasteiger partial charge in [-0.15, -0.1) is 0 Å². The molecule has 0 atom stereocenters. The number of nitrogens with zero attached hydrogens (tertiary/aromatic N) is 3. The van der Waals surface area contributed by atoms with Gasteiger partial charge in [-0.3, -0.25) is 0 Å². The molecule has 2 aliphatic heterocycles. The van der Waals surface area contributed by atoms with E-state index in [9.17, 15) is 0 Å². The van der Waals surface area contributed by atoms with Gasteiger partial charge in [-0.1, -0.05) is 127 Å². The summed E-state index contributed by atoms with van der Waals surface area (Å²) in [5.74, 6) is 0. The fraction of sp³-hybridized carbons (Fsp3) is 0.0455. The van der Waals surface area contributed by atoms with Gasteiger partial charge in [0.15, 0.2) is 8.07 Å². The smallest absolute Gasteiger partial charge is 0.183 e. The van der Waals surface area contributed by atoms with Crippen molar-refractivity contribution in [1.29, 1.82) is 0 Å². The maximum Gasteiger partial charge on any atom is 0.183 e. The highest BCUT2D eigenvalue weighted by atomic mass is 28.3. The number of anilines is 7. The van der Waals surface area contributed by atoms with E-state index in [1.54, 1.807) is 0 Å².